The molecule has 0 radical (unpaired) electrons. The Bertz CT molecular complexity index is 1180. The summed E-state index contributed by atoms with van der Waals surface area (Å²) in [6, 6.07) is 6.47. The van der Waals surface area contributed by atoms with Gasteiger partial charge in [-0.05, 0) is 12.1 Å². The Morgan fingerprint density at radius 3 is 2.04 bits per heavy atom. The van der Waals surface area contributed by atoms with Gasteiger partial charge in [-0.1, -0.05) is 0 Å². The number of nitro groups is 3. The quantitative estimate of drug-likeness (QED) is 0.531. The molecule has 0 bridgehead atoms. The highest BCUT2D eigenvalue weighted by molar-refractivity contribution is 5.93. The van der Waals surface area contributed by atoms with Gasteiger partial charge in [0.1, 0.15) is 11.1 Å². The first-order valence-corrected chi connectivity index (χ1v) is 7.08. The van der Waals surface area contributed by atoms with E-state index in [9.17, 15) is 40.2 Å². The highest BCUT2D eigenvalue weighted by Gasteiger charge is 2.31. The zero-order chi connectivity index (χ0) is 19.9. The van der Waals surface area contributed by atoms with Crippen molar-refractivity contribution < 1.29 is 24.3 Å². The Balaban J connectivity index is 2.32. The van der Waals surface area contributed by atoms with Crippen LogP contribution in [0.3, 0.4) is 0 Å². The second-order valence-corrected chi connectivity index (χ2v) is 5.26. The van der Waals surface area contributed by atoms with Gasteiger partial charge in [-0.2, -0.15) is 0 Å². The highest BCUT2D eigenvalue weighted by Crippen LogP contribution is 2.41. The van der Waals surface area contributed by atoms with Gasteiger partial charge in [-0.15, -0.1) is 0 Å². The van der Waals surface area contributed by atoms with Gasteiger partial charge >= 0.3 is 11.4 Å². The van der Waals surface area contributed by atoms with E-state index in [1.165, 1.54) is 12.1 Å². The van der Waals surface area contributed by atoms with Crippen LogP contribution in [-0.2, 0) is 0 Å². The second kappa shape index (κ2) is 6.18. The van der Waals surface area contributed by atoms with Crippen LogP contribution in [0.4, 0.5) is 17.1 Å². The summed E-state index contributed by atoms with van der Waals surface area (Å²) >= 11 is 0. The maximum Gasteiger partial charge on any atom is 0.332 e. The predicted octanol–water partition coefficient (Wildman–Crippen LogP) is 2.89. The van der Waals surface area contributed by atoms with Crippen LogP contribution in [0.2, 0.25) is 0 Å². The van der Waals surface area contributed by atoms with Gasteiger partial charge in [0.15, 0.2) is 11.0 Å². The largest absolute Gasteiger partial charge is 0.497 e. The number of phenolic OH excluding ortho intramolecular Hbond substituents is 1. The fourth-order valence-corrected chi connectivity index (χ4v) is 2.49. The van der Waals surface area contributed by atoms with Crippen LogP contribution in [0.25, 0.3) is 22.3 Å². The normalized spacial score (nSPS) is 10.7. The van der Waals surface area contributed by atoms with Gasteiger partial charge in [0, 0.05) is 23.8 Å². The molecule has 2 aromatic carbocycles. The summed E-state index contributed by atoms with van der Waals surface area (Å²) in [5.74, 6) is -1.37. The summed E-state index contributed by atoms with van der Waals surface area (Å²) in [5, 5.41) is 42.1. The average molecular weight is 373 g/mol. The molecule has 1 heterocycles. The number of phenols is 1. The topological polar surface area (TPSA) is 180 Å². The number of fused-ring (bicyclic) bond motifs is 1. The van der Waals surface area contributed by atoms with Crippen molar-refractivity contribution in [2.75, 3.05) is 0 Å². The van der Waals surface area contributed by atoms with E-state index in [4.69, 9.17) is 4.42 Å². The van der Waals surface area contributed by atoms with Crippen molar-refractivity contribution in [2.45, 2.75) is 0 Å². The lowest BCUT2D eigenvalue weighted by molar-refractivity contribution is -0.395. The van der Waals surface area contributed by atoms with Crippen molar-refractivity contribution in [3.63, 3.8) is 0 Å². The van der Waals surface area contributed by atoms with E-state index >= 15 is 0 Å². The molecular formula is C15H7N3O9. The first kappa shape index (κ1) is 17.5. The van der Waals surface area contributed by atoms with Crippen molar-refractivity contribution in [3.05, 3.63) is 77.0 Å². The minimum atomic E-state index is -1.26. The molecule has 0 unspecified atom stereocenters. The van der Waals surface area contributed by atoms with E-state index in [1.807, 2.05) is 0 Å². The molecule has 0 saturated heterocycles. The van der Waals surface area contributed by atoms with Crippen LogP contribution in [-0.4, -0.2) is 19.9 Å². The van der Waals surface area contributed by atoms with Gasteiger partial charge < -0.3 is 9.52 Å². The molecule has 12 nitrogen and oxygen atoms in total. The lowest BCUT2D eigenvalue weighted by Gasteiger charge is -2.05. The van der Waals surface area contributed by atoms with Crippen LogP contribution < -0.4 is 5.43 Å². The Morgan fingerprint density at radius 2 is 1.52 bits per heavy atom. The Hall–Kier alpha value is -4.35. The maximum absolute atomic E-state index is 12.4. The van der Waals surface area contributed by atoms with Crippen LogP contribution >= 0.6 is 0 Å². The van der Waals surface area contributed by atoms with Gasteiger partial charge in [0.05, 0.1) is 20.8 Å². The summed E-state index contributed by atoms with van der Waals surface area (Å²) in [6.07, 6.45) is 0. The Kier molecular flexibility index (Phi) is 4.00. The molecule has 0 spiro atoms. The van der Waals surface area contributed by atoms with E-state index in [0.29, 0.717) is 6.07 Å². The average Bonchev–Trinajstić information content (AvgIpc) is 2.61. The van der Waals surface area contributed by atoms with E-state index in [1.54, 1.807) is 0 Å². The molecule has 1 N–H and O–H groups in total. The third-order valence-electron chi connectivity index (χ3n) is 3.69. The molecule has 3 aromatic rings. The van der Waals surface area contributed by atoms with Crippen LogP contribution in [0.5, 0.6) is 5.75 Å². The summed E-state index contributed by atoms with van der Waals surface area (Å²) in [5.41, 5.74) is -3.51. The number of rotatable bonds is 4. The van der Waals surface area contributed by atoms with Gasteiger partial charge in [-0.25, -0.2) is 0 Å². The SMILES string of the molecule is O=c1cc(-c2ccc([N+](=O)[O-])cc2)oc2cc([N+](=O)[O-])c(O)c([N+](=O)[O-])c12. The van der Waals surface area contributed by atoms with E-state index in [-0.39, 0.29) is 17.0 Å². The van der Waals surface area contributed by atoms with Crippen LogP contribution in [0.15, 0.2) is 45.6 Å². The highest BCUT2D eigenvalue weighted by atomic mass is 16.6. The van der Waals surface area contributed by atoms with Crippen molar-refractivity contribution >= 4 is 28.0 Å². The standard InChI is InChI=1S/C15H7N3O9/c19-10-6-11(7-1-3-8(4-2-7)16(21)22)27-12-5-9(17(23)24)15(20)14(13(10)12)18(25)26/h1-6,20H. The third kappa shape index (κ3) is 2.90. The van der Waals surface area contributed by atoms with Gasteiger partial charge in [-0.3, -0.25) is 35.1 Å². The predicted molar refractivity (Wildman–Crippen MR) is 89.5 cm³/mol. The second-order valence-electron chi connectivity index (χ2n) is 5.26. The number of non-ortho nitro benzene ring substituents is 1. The van der Waals surface area contributed by atoms with E-state index in [2.05, 4.69) is 0 Å². The van der Waals surface area contributed by atoms with Crippen molar-refractivity contribution in [1.82, 2.24) is 0 Å². The zero-order valence-corrected chi connectivity index (χ0v) is 13.0. The van der Waals surface area contributed by atoms with Crippen molar-refractivity contribution in [3.8, 4) is 17.1 Å². The van der Waals surface area contributed by atoms with E-state index in [0.717, 1.165) is 18.2 Å². The van der Waals surface area contributed by atoms with Crippen molar-refractivity contribution in [1.29, 1.82) is 0 Å². The lowest BCUT2D eigenvalue weighted by Crippen LogP contribution is -2.05. The molecular weight excluding hydrogens is 366 g/mol. The number of nitro benzene ring substituents is 3. The summed E-state index contributed by atoms with van der Waals surface area (Å²) < 4.78 is 5.38. The van der Waals surface area contributed by atoms with Crippen molar-refractivity contribution in [2.24, 2.45) is 0 Å². The molecule has 3 rings (SSSR count). The zero-order valence-electron chi connectivity index (χ0n) is 13.0. The molecule has 136 valence electrons. The smallest absolute Gasteiger partial charge is 0.332 e. The molecule has 0 amide bonds. The molecule has 0 saturated carbocycles. The molecule has 1 aromatic heterocycles. The maximum atomic E-state index is 12.4. The molecule has 12 heteroatoms. The Labute approximate surface area is 147 Å². The monoisotopic (exact) mass is 373 g/mol. The van der Waals surface area contributed by atoms with E-state index < -0.39 is 48.3 Å². The first-order valence-electron chi connectivity index (χ1n) is 7.08. The molecule has 0 aliphatic carbocycles. The number of aromatic hydroxyl groups is 1. The summed E-state index contributed by atoms with van der Waals surface area (Å²) in [7, 11) is 0. The number of benzene rings is 2. The number of hydrogen-bond donors (Lipinski definition) is 1. The molecule has 0 fully saturated rings. The van der Waals surface area contributed by atoms with Gasteiger partial charge in [0.25, 0.3) is 11.4 Å². The van der Waals surface area contributed by atoms with Gasteiger partial charge in [0.2, 0.25) is 0 Å². The molecule has 0 aliphatic rings. The molecule has 27 heavy (non-hydrogen) atoms. The first-order chi connectivity index (χ1) is 12.7. The minimum Gasteiger partial charge on any atom is -0.497 e. The van der Waals surface area contributed by atoms with Crippen LogP contribution in [0, 0.1) is 30.3 Å². The molecule has 0 aliphatic heterocycles. The fraction of sp³-hybridized carbons (Fsp3) is 0. The summed E-state index contributed by atoms with van der Waals surface area (Å²) in [4.78, 5) is 42.5. The molecule has 0 atom stereocenters. The number of hydrogen-bond acceptors (Lipinski definition) is 9. The Morgan fingerprint density at radius 1 is 0.889 bits per heavy atom. The third-order valence-corrected chi connectivity index (χ3v) is 3.69. The number of nitrogens with zero attached hydrogens (tertiary/aromatic N) is 3. The summed E-state index contributed by atoms with van der Waals surface area (Å²) in [6.45, 7) is 0. The lowest BCUT2D eigenvalue weighted by atomic mass is 10.1. The minimum absolute atomic E-state index is 0.114. The van der Waals surface area contributed by atoms with Crippen LogP contribution in [0.1, 0.15) is 0 Å². The fourth-order valence-electron chi connectivity index (χ4n) is 2.49.